The van der Waals surface area contributed by atoms with Crippen LogP contribution in [0.1, 0.15) is 38.3 Å². The van der Waals surface area contributed by atoms with Crippen molar-refractivity contribution in [3.63, 3.8) is 0 Å². The highest BCUT2D eigenvalue weighted by atomic mass is 79.9. The molecule has 2 aromatic rings. The Morgan fingerprint density at radius 3 is 2.62 bits per heavy atom. The second kappa shape index (κ2) is 10.3. The summed E-state index contributed by atoms with van der Waals surface area (Å²) in [4.78, 5) is 30.2. The molecule has 0 unspecified atom stereocenters. The number of hydrogen-bond acceptors (Lipinski definition) is 6. The highest BCUT2D eigenvalue weighted by Crippen LogP contribution is 2.30. The van der Waals surface area contributed by atoms with Crippen LogP contribution in [0.25, 0.3) is 0 Å². The average Bonchev–Trinajstić information content (AvgIpc) is 3.21. The van der Waals surface area contributed by atoms with Crippen molar-refractivity contribution < 1.29 is 36.2 Å². The van der Waals surface area contributed by atoms with Gasteiger partial charge in [-0.05, 0) is 54.8 Å². The number of aromatic nitrogens is 2. The molecule has 3 rings (SSSR count). The summed E-state index contributed by atoms with van der Waals surface area (Å²) < 4.78 is 75.9. The Balaban J connectivity index is 1.91. The number of rotatable bonds is 7. The molecule has 186 valence electrons. The van der Waals surface area contributed by atoms with E-state index in [0.717, 1.165) is 6.07 Å². The van der Waals surface area contributed by atoms with E-state index in [2.05, 4.69) is 25.7 Å². The van der Waals surface area contributed by atoms with Crippen LogP contribution < -0.4 is 15.2 Å². The van der Waals surface area contributed by atoms with Gasteiger partial charge in [0.05, 0.1) is 6.04 Å². The molecule has 0 aliphatic carbocycles. The average molecular weight is 554 g/mol. The zero-order chi connectivity index (χ0) is 25.2. The van der Waals surface area contributed by atoms with Crippen LogP contribution in [0.2, 0.25) is 0 Å². The van der Waals surface area contributed by atoms with Crippen molar-refractivity contribution >= 4 is 27.8 Å². The molecule has 13 heteroatoms. The van der Waals surface area contributed by atoms with Crippen molar-refractivity contribution in [2.24, 2.45) is 0 Å². The summed E-state index contributed by atoms with van der Waals surface area (Å²) in [7, 11) is 0. The highest BCUT2D eigenvalue weighted by Gasteiger charge is 2.42. The molecule has 0 radical (unpaired) electrons. The van der Waals surface area contributed by atoms with Crippen LogP contribution in [0.15, 0.2) is 27.5 Å². The van der Waals surface area contributed by atoms with Gasteiger partial charge in [-0.1, -0.05) is 0 Å². The smallest absolute Gasteiger partial charge is 0.472 e. The topological polar surface area (TPSA) is 73.7 Å². The maximum absolute atomic E-state index is 14.0. The molecule has 0 bridgehead atoms. The fourth-order valence-corrected chi connectivity index (χ4v) is 3.95. The molecule has 34 heavy (non-hydrogen) atoms. The zero-order valence-electron chi connectivity index (χ0n) is 18.2. The molecule has 0 amide bonds. The van der Waals surface area contributed by atoms with E-state index >= 15 is 0 Å². The minimum atomic E-state index is -5.12. The third kappa shape index (κ3) is 5.68. The Kier molecular flexibility index (Phi) is 7.84. The highest BCUT2D eigenvalue weighted by molar-refractivity contribution is 9.10. The lowest BCUT2D eigenvalue weighted by atomic mass is 10.2. The molecule has 1 atom stereocenters. The molecule has 1 aromatic carbocycles. The summed E-state index contributed by atoms with van der Waals surface area (Å²) in [5, 5.41) is 0. The van der Waals surface area contributed by atoms with Gasteiger partial charge in [0.1, 0.15) is 29.3 Å². The number of benzene rings is 1. The summed E-state index contributed by atoms with van der Waals surface area (Å²) in [6, 6.07) is 1.92. The maximum Gasteiger partial charge on any atom is 0.490 e. The summed E-state index contributed by atoms with van der Waals surface area (Å²) in [6.07, 6.45) is -4.14. The van der Waals surface area contributed by atoms with Gasteiger partial charge in [0.25, 0.3) is 5.56 Å². The standard InChI is InChI=1S/C21H21BrF5N3O4/c1-11(2)30-18(31)16(22)17(33-9-12-5-6-13(23)8-15(12)24)28-20(30)29-7-3-4-14(29)10-34-19(32)21(25,26)27/h5-6,8,11,14H,3-4,7,9-10H2,1-2H3/t14-/m0/s1. The number of esters is 1. The van der Waals surface area contributed by atoms with Gasteiger partial charge >= 0.3 is 12.1 Å². The zero-order valence-corrected chi connectivity index (χ0v) is 19.8. The van der Waals surface area contributed by atoms with Gasteiger partial charge in [0, 0.05) is 24.2 Å². The van der Waals surface area contributed by atoms with Gasteiger partial charge < -0.3 is 14.4 Å². The maximum atomic E-state index is 14.0. The van der Waals surface area contributed by atoms with Crippen LogP contribution in [-0.4, -0.2) is 40.9 Å². The molecule has 0 spiro atoms. The molecule has 1 aliphatic heterocycles. The predicted octanol–water partition coefficient (Wildman–Crippen LogP) is 4.52. The van der Waals surface area contributed by atoms with E-state index in [9.17, 15) is 31.5 Å². The number of ether oxygens (including phenoxy) is 2. The molecule has 1 fully saturated rings. The van der Waals surface area contributed by atoms with Crippen molar-refractivity contribution in [2.75, 3.05) is 18.1 Å². The largest absolute Gasteiger partial charge is 0.490 e. The molecule has 2 heterocycles. The van der Waals surface area contributed by atoms with Crippen molar-refractivity contribution in [3.05, 3.63) is 50.2 Å². The molecule has 1 saturated heterocycles. The van der Waals surface area contributed by atoms with Crippen LogP contribution in [0.4, 0.5) is 27.9 Å². The van der Waals surface area contributed by atoms with Gasteiger partial charge in [0.2, 0.25) is 11.8 Å². The van der Waals surface area contributed by atoms with Crippen molar-refractivity contribution in [3.8, 4) is 5.88 Å². The minimum absolute atomic E-state index is 0.0304. The van der Waals surface area contributed by atoms with Crippen molar-refractivity contribution in [1.82, 2.24) is 9.55 Å². The lowest BCUT2D eigenvalue weighted by Crippen LogP contribution is -2.40. The number of anilines is 1. The number of nitrogens with zero attached hydrogens (tertiary/aromatic N) is 3. The Morgan fingerprint density at radius 2 is 2.00 bits per heavy atom. The fourth-order valence-electron chi connectivity index (χ4n) is 3.56. The summed E-state index contributed by atoms with van der Waals surface area (Å²) in [6.45, 7) is 2.90. The van der Waals surface area contributed by atoms with E-state index in [0.29, 0.717) is 25.5 Å². The first-order chi connectivity index (χ1) is 15.9. The van der Waals surface area contributed by atoms with Gasteiger partial charge in [-0.2, -0.15) is 18.2 Å². The minimum Gasteiger partial charge on any atom is -0.472 e. The number of hydrogen-bond donors (Lipinski definition) is 0. The number of carbonyl (C=O) groups is 1. The normalized spacial score (nSPS) is 16.3. The van der Waals surface area contributed by atoms with E-state index in [1.807, 2.05) is 0 Å². The first-order valence-corrected chi connectivity index (χ1v) is 11.1. The molecule has 0 N–H and O–H groups in total. The molecular formula is C21H21BrF5N3O4. The van der Waals surface area contributed by atoms with Crippen LogP contribution in [0.5, 0.6) is 5.88 Å². The SMILES string of the molecule is CC(C)n1c(N2CCC[C@H]2COC(=O)C(F)(F)F)nc(OCc2ccc(F)cc2F)c(Br)c1=O. The Bertz CT molecular complexity index is 1120. The van der Waals surface area contributed by atoms with Crippen LogP contribution in [0, 0.1) is 11.6 Å². The number of alkyl halides is 3. The van der Waals surface area contributed by atoms with Crippen LogP contribution in [0.3, 0.4) is 0 Å². The molecular weight excluding hydrogens is 533 g/mol. The summed E-state index contributed by atoms with van der Waals surface area (Å²) in [5.74, 6) is -3.94. The Labute approximate surface area is 199 Å². The van der Waals surface area contributed by atoms with E-state index in [-0.39, 0.29) is 34.5 Å². The third-order valence-corrected chi connectivity index (χ3v) is 5.86. The summed E-state index contributed by atoms with van der Waals surface area (Å²) in [5.41, 5.74) is -0.490. The monoisotopic (exact) mass is 553 g/mol. The third-order valence-electron chi connectivity index (χ3n) is 5.18. The van der Waals surface area contributed by atoms with Gasteiger partial charge in [-0.15, -0.1) is 0 Å². The first-order valence-electron chi connectivity index (χ1n) is 10.3. The quantitative estimate of drug-likeness (QED) is 0.371. The van der Waals surface area contributed by atoms with Gasteiger partial charge in [-0.25, -0.2) is 13.6 Å². The Morgan fingerprint density at radius 1 is 1.29 bits per heavy atom. The lowest BCUT2D eigenvalue weighted by Gasteiger charge is -2.29. The molecule has 0 saturated carbocycles. The fraction of sp³-hybridized carbons (Fsp3) is 0.476. The summed E-state index contributed by atoms with van der Waals surface area (Å²) >= 11 is 3.15. The van der Waals surface area contributed by atoms with E-state index in [1.54, 1.807) is 18.7 Å². The molecule has 1 aromatic heterocycles. The van der Waals surface area contributed by atoms with E-state index in [1.165, 1.54) is 10.6 Å². The van der Waals surface area contributed by atoms with Gasteiger partial charge in [0.15, 0.2) is 0 Å². The van der Waals surface area contributed by atoms with Gasteiger partial charge in [-0.3, -0.25) is 9.36 Å². The van der Waals surface area contributed by atoms with E-state index < -0.39 is 42.0 Å². The lowest BCUT2D eigenvalue weighted by molar-refractivity contribution is -0.200. The first kappa shape index (κ1) is 25.9. The predicted molar refractivity (Wildman–Crippen MR) is 115 cm³/mol. The second-order valence-corrected chi connectivity index (χ2v) is 8.70. The van der Waals surface area contributed by atoms with Crippen molar-refractivity contribution in [2.45, 2.75) is 51.6 Å². The van der Waals surface area contributed by atoms with Crippen LogP contribution in [-0.2, 0) is 16.1 Å². The van der Waals surface area contributed by atoms with Crippen LogP contribution >= 0.6 is 15.9 Å². The molecule has 1 aliphatic rings. The Hall–Kier alpha value is -2.70. The number of carbonyl (C=O) groups excluding carboxylic acids is 1. The number of halogens is 6. The van der Waals surface area contributed by atoms with Crippen molar-refractivity contribution in [1.29, 1.82) is 0 Å². The second-order valence-electron chi connectivity index (χ2n) is 7.91. The van der Waals surface area contributed by atoms with E-state index in [4.69, 9.17) is 4.74 Å². The molecule has 7 nitrogen and oxygen atoms in total.